The summed E-state index contributed by atoms with van der Waals surface area (Å²) in [5.74, 6) is 0. The summed E-state index contributed by atoms with van der Waals surface area (Å²) in [6.45, 7) is 3.83. The van der Waals surface area contributed by atoms with Gasteiger partial charge in [-0.15, -0.1) is 0 Å². The third-order valence-corrected chi connectivity index (χ3v) is 4.74. The van der Waals surface area contributed by atoms with E-state index in [9.17, 15) is 8.42 Å². The Morgan fingerprint density at radius 1 is 1.06 bits per heavy atom. The predicted molar refractivity (Wildman–Crippen MR) is 74.0 cm³/mol. The molecule has 1 aromatic carbocycles. The highest BCUT2D eigenvalue weighted by Gasteiger charge is 2.21. The Hall–Kier alpha value is -0.910. The van der Waals surface area contributed by atoms with Crippen LogP contribution in [0.25, 0.3) is 0 Å². The van der Waals surface area contributed by atoms with Gasteiger partial charge in [-0.05, 0) is 39.2 Å². The Labute approximate surface area is 110 Å². The largest absolute Gasteiger partial charge is 0.309 e. The third-order valence-electron chi connectivity index (χ3n) is 2.75. The molecule has 0 radical (unpaired) electrons. The minimum absolute atomic E-state index is 0.372. The van der Waals surface area contributed by atoms with Crippen molar-refractivity contribution in [2.24, 2.45) is 0 Å². The van der Waals surface area contributed by atoms with Gasteiger partial charge in [0.05, 0.1) is 4.90 Å². The van der Waals surface area contributed by atoms with E-state index in [0.29, 0.717) is 18.0 Å². The molecule has 0 saturated carbocycles. The fraction of sp³-hybridized carbons (Fsp3) is 0.538. The normalized spacial score (nSPS) is 12.3. The van der Waals surface area contributed by atoms with Crippen LogP contribution >= 0.6 is 0 Å². The van der Waals surface area contributed by atoms with Crippen LogP contribution in [0.5, 0.6) is 0 Å². The van der Waals surface area contributed by atoms with Crippen molar-refractivity contribution < 1.29 is 8.42 Å². The van der Waals surface area contributed by atoms with E-state index in [1.54, 1.807) is 24.3 Å². The molecule has 0 aliphatic rings. The Balaban J connectivity index is 2.75. The summed E-state index contributed by atoms with van der Waals surface area (Å²) in [6, 6.07) is 8.61. The van der Waals surface area contributed by atoms with Gasteiger partial charge in [-0.25, -0.2) is 8.42 Å². The highest BCUT2D eigenvalue weighted by atomic mass is 32.2. The molecular formula is C13H22N2O2S. The van der Waals surface area contributed by atoms with Gasteiger partial charge in [-0.2, -0.15) is 4.31 Å². The molecular weight excluding hydrogens is 248 g/mol. The first-order valence-corrected chi connectivity index (χ1v) is 7.62. The Bertz CT molecular complexity index is 443. The molecule has 0 N–H and O–H groups in total. The SMILES string of the molecule is CCN(CCCN(C)C)S(=O)(=O)c1ccccc1. The van der Waals surface area contributed by atoms with E-state index in [-0.39, 0.29) is 0 Å². The Morgan fingerprint density at radius 2 is 1.67 bits per heavy atom. The van der Waals surface area contributed by atoms with Crippen molar-refractivity contribution in [3.05, 3.63) is 30.3 Å². The van der Waals surface area contributed by atoms with Crippen molar-refractivity contribution in [2.45, 2.75) is 18.2 Å². The number of hydrogen-bond acceptors (Lipinski definition) is 3. The molecule has 4 nitrogen and oxygen atoms in total. The van der Waals surface area contributed by atoms with Crippen LogP contribution in [0.15, 0.2) is 35.2 Å². The lowest BCUT2D eigenvalue weighted by molar-refractivity contribution is 0.356. The monoisotopic (exact) mass is 270 g/mol. The van der Waals surface area contributed by atoms with Gasteiger partial charge in [0.15, 0.2) is 0 Å². The van der Waals surface area contributed by atoms with Gasteiger partial charge in [0, 0.05) is 13.1 Å². The second kappa shape index (κ2) is 6.87. The van der Waals surface area contributed by atoms with E-state index < -0.39 is 10.0 Å². The first-order chi connectivity index (χ1) is 8.48. The first-order valence-electron chi connectivity index (χ1n) is 6.18. The van der Waals surface area contributed by atoms with Gasteiger partial charge < -0.3 is 4.90 Å². The molecule has 0 saturated heterocycles. The molecule has 0 unspecified atom stereocenters. The van der Waals surface area contributed by atoms with E-state index >= 15 is 0 Å². The second-order valence-electron chi connectivity index (χ2n) is 4.47. The molecule has 0 fully saturated rings. The van der Waals surface area contributed by atoms with Gasteiger partial charge >= 0.3 is 0 Å². The maximum absolute atomic E-state index is 12.4. The lowest BCUT2D eigenvalue weighted by atomic mass is 10.4. The van der Waals surface area contributed by atoms with Crippen molar-refractivity contribution in [3.63, 3.8) is 0 Å². The smallest absolute Gasteiger partial charge is 0.243 e. The minimum atomic E-state index is -3.33. The lowest BCUT2D eigenvalue weighted by Crippen LogP contribution is -2.33. The zero-order valence-electron chi connectivity index (χ0n) is 11.3. The van der Waals surface area contributed by atoms with Crippen molar-refractivity contribution in [3.8, 4) is 0 Å². The Morgan fingerprint density at radius 3 is 2.17 bits per heavy atom. The first kappa shape index (κ1) is 15.1. The lowest BCUT2D eigenvalue weighted by Gasteiger charge is -2.21. The van der Waals surface area contributed by atoms with Crippen LogP contribution in [-0.2, 0) is 10.0 Å². The van der Waals surface area contributed by atoms with Gasteiger partial charge in [0.1, 0.15) is 0 Å². The summed E-state index contributed by atoms with van der Waals surface area (Å²) >= 11 is 0. The van der Waals surface area contributed by atoms with Gasteiger partial charge in [-0.1, -0.05) is 25.1 Å². The molecule has 0 amide bonds. The summed E-state index contributed by atoms with van der Waals surface area (Å²) in [6.07, 6.45) is 0.840. The van der Waals surface area contributed by atoms with E-state index in [1.807, 2.05) is 27.1 Å². The standard InChI is InChI=1S/C13H22N2O2S/c1-4-15(12-8-11-14(2)3)18(16,17)13-9-6-5-7-10-13/h5-7,9-10H,4,8,11-12H2,1-3H3. The second-order valence-corrected chi connectivity index (χ2v) is 6.40. The molecule has 18 heavy (non-hydrogen) atoms. The summed E-state index contributed by atoms with van der Waals surface area (Å²) in [7, 11) is 0.642. The number of nitrogens with zero attached hydrogens (tertiary/aromatic N) is 2. The number of hydrogen-bond donors (Lipinski definition) is 0. The molecule has 1 aromatic rings. The van der Waals surface area contributed by atoms with E-state index in [0.717, 1.165) is 13.0 Å². The zero-order valence-corrected chi connectivity index (χ0v) is 12.2. The van der Waals surface area contributed by atoms with Crippen LogP contribution in [0.3, 0.4) is 0 Å². The van der Waals surface area contributed by atoms with Crippen molar-refractivity contribution >= 4 is 10.0 Å². The van der Waals surface area contributed by atoms with Gasteiger partial charge in [-0.3, -0.25) is 0 Å². The molecule has 0 heterocycles. The van der Waals surface area contributed by atoms with Crippen molar-refractivity contribution in [1.82, 2.24) is 9.21 Å². The van der Waals surface area contributed by atoms with Crippen LogP contribution in [0, 0.1) is 0 Å². The fourth-order valence-electron chi connectivity index (χ4n) is 1.75. The summed E-state index contributed by atoms with van der Waals surface area (Å²) in [4.78, 5) is 2.43. The molecule has 102 valence electrons. The molecule has 0 atom stereocenters. The molecule has 5 heteroatoms. The van der Waals surface area contributed by atoms with E-state index in [2.05, 4.69) is 4.90 Å². The number of benzene rings is 1. The quantitative estimate of drug-likeness (QED) is 0.756. The predicted octanol–water partition coefficient (Wildman–Crippen LogP) is 1.65. The van der Waals surface area contributed by atoms with Gasteiger partial charge in [0.25, 0.3) is 0 Å². The topological polar surface area (TPSA) is 40.6 Å². The van der Waals surface area contributed by atoms with Crippen molar-refractivity contribution in [1.29, 1.82) is 0 Å². The van der Waals surface area contributed by atoms with Gasteiger partial charge in [0.2, 0.25) is 10.0 Å². The summed E-state index contributed by atoms with van der Waals surface area (Å²) in [5, 5.41) is 0. The van der Waals surface area contributed by atoms with Crippen LogP contribution in [-0.4, -0.2) is 51.4 Å². The fourth-order valence-corrected chi connectivity index (χ4v) is 3.26. The highest BCUT2D eigenvalue weighted by molar-refractivity contribution is 7.89. The molecule has 0 bridgehead atoms. The van der Waals surface area contributed by atoms with E-state index in [4.69, 9.17) is 0 Å². The van der Waals surface area contributed by atoms with Crippen LogP contribution in [0.1, 0.15) is 13.3 Å². The van der Waals surface area contributed by atoms with Crippen LogP contribution in [0.4, 0.5) is 0 Å². The zero-order chi connectivity index (χ0) is 13.6. The summed E-state index contributed by atoms with van der Waals surface area (Å²) < 4.78 is 26.2. The van der Waals surface area contributed by atoms with E-state index in [1.165, 1.54) is 4.31 Å². The maximum atomic E-state index is 12.4. The molecule has 0 aliphatic heterocycles. The third kappa shape index (κ3) is 4.08. The number of sulfonamides is 1. The number of rotatable bonds is 7. The average molecular weight is 270 g/mol. The molecule has 1 rings (SSSR count). The highest BCUT2D eigenvalue weighted by Crippen LogP contribution is 2.15. The van der Waals surface area contributed by atoms with Crippen LogP contribution in [0.2, 0.25) is 0 Å². The maximum Gasteiger partial charge on any atom is 0.243 e. The molecule has 0 spiro atoms. The van der Waals surface area contributed by atoms with Crippen LogP contribution < -0.4 is 0 Å². The Kier molecular flexibility index (Phi) is 5.78. The molecule has 0 aliphatic carbocycles. The average Bonchev–Trinajstić information content (AvgIpc) is 2.35. The van der Waals surface area contributed by atoms with Crippen molar-refractivity contribution in [2.75, 3.05) is 33.7 Å². The minimum Gasteiger partial charge on any atom is -0.309 e. The molecule has 0 aromatic heterocycles. The summed E-state index contributed by atoms with van der Waals surface area (Å²) in [5.41, 5.74) is 0.